The minimum atomic E-state index is -1.07. The number of benzene rings is 1. The van der Waals surface area contributed by atoms with Crippen LogP contribution in [-0.4, -0.2) is 25.6 Å². The molecular weight excluding hydrogens is 262 g/mol. The summed E-state index contributed by atoms with van der Waals surface area (Å²) in [6, 6.07) is 4.94. The van der Waals surface area contributed by atoms with Crippen molar-refractivity contribution >= 4 is 11.4 Å². The Balaban J connectivity index is 2.46. The molecule has 2 atom stereocenters. The number of hydrogen-bond donors (Lipinski definition) is 3. The molecule has 0 bridgehead atoms. The highest BCUT2D eigenvalue weighted by Gasteiger charge is 2.27. The van der Waals surface area contributed by atoms with Crippen LogP contribution in [0.3, 0.4) is 0 Å². The molecule has 0 heterocycles. The Bertz CT molecular complexity index is 418. The van der Waals surface area contributed by atoms with E-state index in [1.807, 2.05) is 27.7 Å². The highest BCUT2D eigenvalue weighted by Crippen LogP contribution is 2.25. The molecule has 4 nitrogen and oxygen atoms in total. The van der Waals surface area contributed by atoms with Crippen molar-refractivity contribution in [2.75, 3.05) is 0 Å². The molecule has 0 saturated heterocycles. The Hall–Kier alpha value is -0.910. The van der Waals surface area contributed by atoms with Gasteiger partial charge < -0.3 is 14.8 Å². The molecule has 19 heavy (non-hydrogen) atoms. The van der Waals surface area contributed by atoms with Crippen LogP contribution in [0.4, 0.5) is 0 Å². The maximum Gasteiger partial charge on any atom is 0.157 e. The van der Waals surface area contributed by atoms with E-state index in [1.54, 1.807) is 12.1 Å². The molecule has 0 amide bonds. The Morgan fingerprint density at radius 3 is 2.42 bits per heavy atom. The molecule has 0 saturated carbocycles. The molecule has 108 valence electrons. The van der Waals surface area contributed by atoms with Gasteiger partial charge in [-0.1, -0.05) is 6.07 Å². The summed E-state index contributed by atoms with van der Waals surface area (Å²) in [5.41, 5.74) is 0.950. The summed E-state index contributed by atoms with van der Waals surface area (Å²) in [7, 11) is 0. The molecule has 0 spiro atoms. The largest absolute Gasteiger partial charge is 0.598 e. The normalized spacial score (nSPS) is 15.2. The van der Waals surface area contributed by atoms with Gasteiger partial charge in [0, 0.05) is 11.4 Å². The molecule has 0 aromatic heterocycles. The lowest BCUT2D eigenvalue weighted by molar-refractivity contribution is 0.403. The number of rotatable bonds is 5. The van der Waals surface area contributed by atoms with E-state index in [0.29, 0.717) is 0 Å². The monoisotopic (exact) mass is 285 g/mol. The summed E-state index contributed by atoms with van der Waals surface area (Å²) < 4.78 is 14.7. The predicted octanol–water partition coefficient (Wildman–Crippen LogP) is 2.47. The highest BCUT2D eigenvalue weighted by molar-refractivity contribution is 7.90. The van der Waals surface area contributed by atoms with Crippen molar-refractivity contribution in [1.82, 2.24) is 4.72 Å². The number of phenolic OH excluding ortho intramolecular Hbond substituents is 2. The lowest BCUT2D eigenvalue weighted by Crippen LogP contribution is -2.43. The minimum absolute atomic E-state index is 0.101. The quantitative estimate of drug-likeness (QED) is 0.574. The second-order valence-corrected chi connectivity index (χ2v) is 7.76. The fraction of sp³-hybridized carbons (Fsp3) is 0.571. The van der Waals surface area contributed by atoms with Gasteiger partial charge in [0.1, 0.15) is 4.75 Å². The van der Waals surface area contributed by atoms with Crippen LogP contribution in [0.2, 0.25) is 0 Å². The van der Waals surface area contributed by atoms with Crippen LogP contribution in [0.25, 0.3) is 0 Å². The number of aryl methyl sites for hydroxylation is 1. The van der Waals surface area contributed by atoms with E-state index >= 15 is 0 Å². The number of aromatic hydroxyl groups is 2. The van der Waals surface area contributed by atoms with Gasteiger partial charge in [-0.15, -0.1) is 4.72 Å². The van der Waals surface area contributed by atoms with Gasteiger partial charge in [-0.3, -0.25) is 0 Å². The topological polar surface area (TPSA) is 75.5 Å². The summed E-state index contributed by atoms with van der Waals surface area (Å²) in [6.07, 6.45) is 1.56. The third-order valence-corrected chi connectivity index (χ3v) is 4.50. The molecule has 5 heteroatoms. The van der Waals surface area contributed by atoms with Gasteiger partial charge in [-0.25, -0.2) is 0 Å². The number of hydrogen-bond acceptors (Lipinski definition) is 4. The van der Waals surface area contributed by atoms with Crippen molar-refractivity contribution in [3.8, 4) is 11.5 Å². The molecule has 1 unspecified atom stereocenters. The van der Waals surface area contributed by atoms with Crippen LogP contribution in [0.5, 0.6) is 11.5 Å². The molecule has 1 aromatic rings. The molecule has 0 aliphatic heterocycles. The fourth-order valence-electron chi connectivity index (χ4n) is 1.53. The van der Waals surface area contributed by atoms with Gasteiger partial charge >= 0.3 is 0 Å². The fourth-order valence-corrected chi connectivity index (χ4v) is 2.36. The first kappa shape index (κ1) is 16.1. The van der Waals surface area contributed by atoms with Gasteiger partial charge in [0.05, 0.1) is 6.04 Å². The van der Waals surface area contributed by atoms with Crippen LogP contribution in [-0.2, 0) is 17.8 Å². The van der Waals surface area contributed by atoms with E-state index in [9.17, 15) is 14.8 Å². The third-order valence-electron chi connectivity index (χ3n) is 2.77. The summed E-state index contributed by atoms with van der Waals surface area (Å²) in [6.45, 7) is 7.78. The zero-order chi connectivity index (χ0) is 14.6. The van der Waals surface area contributed by atoms with Crippen LogP contribution < -0.4 is 4.72 Å². The first-order valence-corrected chi connectivity index (χ1v) is 7.54. The summed E-state index contributed by atoms with van der Waals surface area (Å²) in [5, 5.41) is 18.6. The Morgan fingerprint density at radius 1 is 1.26 bits per heavy atom. The Morgan fingerprint density at radius 2 is 1.89 bits per heavy atom. The Kier molecular flexibility index (Phi) is 5.52. The lowest BCUT2D eigenvalue weighted by Gasteiger charge is -2.26. The van der Waals surface area contributed by atoms with E-state index in [2.05, 4.69) is 4.72 Å². The van der Waals surface area contributed by atoms with E-state index < -0.39 is 11.4 Å². The van der Waals surface area contributed by atoms with Gasteiger partial charge in [-0.2, -0.15) is 0 Å². The number of nitrogens with one attached hydrogen (secondary N) is 1. The van der Waals surface area contributed by atoms with E-state index in [1.165, 1.54) is 6.07 Å². The standard InChI is InChI=1S/C14H23NO3S/c1-10(15-19(18)14(2,3)4)5-6-11-7-8-12(16)13(17)9-11/h7-10,15-17H,5-6H2,1-4H3/t10-,19?/m1/s1. The first-order chi connectivity index (χ1) is 8.70. The second kappa shape index (κ2) is 6.50. The summed E-state index contributed by atoms with van der Waals surface area (Å²) in [4.78, 5) is 0. The van der Waals surface area contributed by atoms with Crippen molar-refractivity contribution < 1.29 is 14.8 Å². The maximum atomic E-state index is 11.9. The van der Waals surface area contributed by atoms with Crippen LogP contribution >= 0.6 is 0 Å². The van der Waals surface area contributed by atoms with Gasteiger partial charge in [0.15, 0.2) is 11.5 Å². The van der Waals surface area contributed by atoms with Crippen LogP contribution in [0.1, 0.15) is 39.7 Å². The summed E-state index contributed by atoms with van der Waals surface area (Å²) in [5.74, 6) is -0.208. The van der Waals surface area contributed by atoms with Crippen molar-refractivity contribution in [3.05, 3.63) is 23.8 Å². The minimum Gasteiger partial charge on any atom is -0.598 e. The lowest BCUT2D eigenvalue weighted by atomic mass is 10.1. The third kappa shape index (κ3) is 5.30. The highest BCUT2D eigenvalue weighted by atomic mass is 32.2. The van der Waals surface area contributed by atoms with Gasteiger partial charge in [-0.05, 0) is 58.2 Å². The predicted molar refractivity (Wildman–Crippen MR) is 78.6 cm³/mol. The Labute approximate surface area is 118 Å². The average molecular weight is 285 g/mol. The van der Waals surface area contributed by atoms with Crippen LogP contribution in [0.15, 0.2) is 18.2 Å². The first-order valence-electron chi connectivity index (χ1n) is 6.39. The van der Waals surface area contributed by atoms with Gasteiger partial charge in [0.25, 0.3) is 0 Å². The number of phenols is 2. The average Bonchev–Trinajstić information content (AvgIpc) is 2.29. The maximum absolute atomic E-state index is 11.9. The smallest absolute Gasteiger partial charge is 0.157 e. The summed E-state index contributed by atoms with van der Waals surface area (Å²) >= 11 is -1.07. The van der Waals surface area contributed by atoms with Crippen LogP contribution in [0, 0.1) is 0 Å². The van der Waals surface area contributed by atoms with Crippen molar-refractivity contribution in [2.24, 2.45) is 0 Å². The molecule has 1 aromatic carbocycles. The molecule has 0 aliphatic carbocycles. The molecule has 0 fully saturated rings. The second-order valence-electron chi connectivity index (χ2n) is 5.76. The zero-order valence-corrected chi connectivity index (χ0v) is 12.8. The zero-order valence-electron chi connectivity index (χ0n) is 11.9. The molecule has 1 rings (SSSR count). The van der Waals surface area contributed by atoms with Crippen molar-refractivity contribution in [1.29, 1.82) is 0 Å². The molecule has 0 radical (unpaired) electrons. The van der Waals surface area contributed by atoms with Crippen molar-refractivity contribution in [3.63, 3.8) is 0 Å². The SMILES string of the molecule is C[C@H](CCc1ccc(O)c(O)c1)N[S+]([O-])C(C)(C)C. The van der Waals surface area contributed by atoms with E-state index in [0.717, 1.165) is 18.4 Å². The van der Waals surface area contributed by atoms with E-state index in [4.69, 9.17) is 0 Å². The van der Waals surface area contributed by atoms with Gasteiger partial charge in [0.2, 0.25) is 0 Å². The van der Waals surface area contributed by atoms with E-state index in [-0.39, 0.29) is 22.3 Å². The van der Waals surface area contributed by atoms with Crippen molar-refractivity contribution in [2.45, 2.75) is 51.3 Å². The molecule has 3 N–H and O–H groups in total. The molecular formula is C14H23NO3S. The molecule has 0 aliphatic rings.